The van der Waals surface area contributed by atoms with E-state index in [0.29, 0.717) is 12.5 Å². The minimum absolute atomic E-state index is 0.100. The maximum absolute atomic E-state index is 11.9. The molecule has 0 aliphatic heterocycles. The van der Waals surface area contributed by atoms with E-state index in [1.807, 2.05) is 24.3 Å². The van der Waals surface area contributed by atoms with E-state index in [4.69, 9.17) is 0 Å². The molecule has 25 heavy (non-hydrogen) atoms. The molecule has 1 atom stereocenters. The predicted molar refractivity (Wildman–Crippen MR) is 101 cm³/mol. The van der Waals surface area contributed by atoms with Gasteiger partial charge in [0.25, 0.3) is 0 Å². The van der Waals surface area contributed by atoms with Gasteiger partial charge in [0.2, 0.25) is 10.0 Å². The van der Waals surface area contributed by atoms with Crippen LogP contribution in [0.1, 0.15) is 24.1 Å². The van der Waals surface area contributed by atoms with Crippen LogP contribution in [0, 0.1) is 0 Å². The van der Waals surface area contributed by atoms with Crippen LogP contribution in [0.3, 0.4) is 0 Å². The topological polar surface area (TPSA) is 82.6 Å². The van der Waals surface area contributed by atoms with Crippen molar-refractivity contribution in [2.45, 2.75) is 24.4 Å². The van der Waals surface area contributed by atoms with Crippen LogP contribution in [-0.4, -0.2) is 28.5 Å². The van der Waals surface area contributed by atoms with Gasteiger partial charge >= 0.3 is 0 Å². The van der Waals surface area contributed by atoms with Gasteiger partial charge in [-0.2, -0.15) is 0 Å². The van der Waals surface area contributed by atoms with Gasteiger partial charge in [0, 0.05) is 13.6 Å². The molecule has 0 fully saturated rings. The van der Waals surface area contributed by atoms with Crippen molar-refractivity contribution in [1.82, 2.24) is 15.4 Å². The summed E-state index contributed by atoms with van der Waals surface area (Å²) in [7, 11) is -0.340. The highest BCUT2D eigenvalue weighted by atomic mass is 32.2. The Morgan fingerprint density at radius 3 is 2.48 bits per heavy atom. The zero-order chi connectivity index (χ0) is 18.3. The summed E-state index contributed by atoms with van der Waals surface area (Å²) in [5.41, 5.74) is 2.01. The van der Waals surface area contributed by atoms with Gasteiger partial charge in [-0.15, -0.1) is 0 Å². The van der Waals surface area contributed by atoms with E-state index in [1.165, 1.54) is 7.05 Å². The maximum Gasteiger partial charge on any atom is 0.240 e. The van der Waals surface area contributed by atoms with Crippen molar-refractivity contribution in [2.75, 3.05) is 14.1 Å². The second-order valence-corrected chi connectivity index (χ2v) is 7.44. The Balaban J connectivity index is 2.01. The van der Waals surface area contributed by atoms with E-state index < -0.39 is 10.0 Å². The third kappa shape index (κ3) is 5.30. The minimum atomic E-state index is -3.44. The van der Waals surface area contributed by atoms with Crippen molar-refractivity contribution in [1.29, 1.82) is 0 Å². The molecule has 0 aliphatic rings. The summed E-state index contributed by atoms with van der Waals surface area (Å²) in [6.07, 6.45) is 0. The number of hydrogen-bond donors (Lipinski definition) is 3. The first-order chi connectivity index (χ1) is 12.0. The Bertz CT molecular complexity index is 820. The highest BCUT2D eigenvalue weighted by Gasteiger charge is 2.12. The van der Waals surface area contributed by atoms with E-state index in [2.05, 4.69) is 39.4 Å². The normalized spacial score (nSPS) is 13.3. The van der Waals surface area contributed by atoms with Gasteiger partial charge in [-0.25, -0.2) is 13.1 Å². The molecule has 0 radical (unpaired) electrons. The SMILES string of the molecule is CN=C(NCc1cccc(S(=O)(=O)NC)c1)NC(C)c1ccccc1. The quantitative estimate of drug-likeness (QED) is 0.544. The largest absolute Gasteiger partial charge is 0.352 e. The molecular weight excluding hydrogens is 336 g/mol. The molecule has 0 saturated heterocycles. The van der Waals surface area contributed by atoms with Crippen molar-refractivity contribution >= 4 is 16.0 Å². The lowest BCUT2D eigenvalue weighted by Gasteiger charge is -2.18. The molecule has 0 aromatic heterocycles. The van der Waals surface area contributed by atoms with Crippen molar-refractivity contribution in [3.05, 3.63) is 65.7 Å². The standard InChI is InChI=1S/C18H24N4O2S/c1-14(16-9-5-4-6-10-16)22-18(19-2)21-13-15-8-7-11-17(12-15)25(23,24)20-3/h4-12,14,20H,13H2,1-3H3,(H2,19,21,22). The number of guanidine groups is 1. The molecule has 0 amide bonds. The van der Waals surface area contributed by atoms with Crippen LogP contribution < -0.4 is 15.4 Å². The summed E-state index contributed by atoms with van der Waals surface area (Å²) in [4.78, 5) is 4.47. The first kappa shape index (κ1) is 19.0. The van der Waals surface area contributed by atoms with Gasteiger partial charge in [0.1, 0.15) is 0 Å². The van der Waals surface area contributed by atoms with Crippen molar-refractivity contribution < 1.29 is 8.42 Å². The van der Waals surface area contributed by atoms with Crippen molar-refractivity contribution in [2.24, 2.45) is 4.99 Å². The van der Waals surface area contributed by atoms with Gasteiger partial charge in [-0.1, -0.05) is 42.5 Å². The van der Waals surface area contributed by atoms with E-state index in [9.17, 15) is 8.42 Å². The van der Waals surface area contributed by atoms with Crippen LogP contribution in [0.5, 0.6) is 0 Å². The van der Waals surface area contributed by atoms with E-state index in [1.54, 1.807) is 25.2 Å². The number of rotatable bonds is 6. The van der Waals surface area contributed by atoms with E-state index >= 15 is 0 Å². The van der Waals surface area contributed by atoms with Crippen LogP contribution in [0.25, 0.3) is 0 Å². The molecule has 7 heteroatoms. The minimum Gasteiger partial charge on any atom is -0.352 e. The maximum atomic E-state index is 11.9. The smallest absolute Gasteiger partial charge is 0.240 e. The van der Waals surface area contributed by atoms with Gasteiger partial charge < -0.3 is 10.6 Å². The number of sulfonamides is 1. The van der Waals surface area contributed by atoms with E-state index in [0.717, 1.165) is 11.1 Å². The third-order valence-corrected chi connectivity index (χ3v) is 5.23. The highest BCUT2D eigenvalue weighted by Crippen LogP contribution is 2.12. The molecule has 0 spiro atoms. The van der Waals surface area contributed by atoms with Crippen LogP contribution in [-0.2, 0) is 16.6 Å². The Morgan fingerprint density at radius 2 is 1.84 bits per heavy atom. The summed E-state index contributed by atoms with van der Waals surface area (Å²) in [5.74, 6) is 0.651. The monoisotopic (exact) mass is 360 g/mol. The summed E-state index contributed by atoms with van der Waals surface area (Å²) in [6.45, 7) is 2.52. The molecule has 6 nitrogen and oxygen atoms in total. The third-order valence-electron chi connectivity index (χ3n) is 3.81. The lowest BCUT2D eigenvalue weighted by Crippen LogP contribution is -2.38. The molecule has 2 aromatic carbocycles. The second-order valence-electron chi connectivity index (χ2n) is 5.56. The van der Waals surface area contributed by atoms with Crippen LogP contribution in [0.2, 0.25) is 0 Å². The van der Waals surface area contributed by atoms with Gasteiger partial charge in [0.15, 0.2) is 5.96 Å². The fourth-order valence-corrected chi connectivity index (χ4v) is 3.15. The lowest BCUT2D eigenvalue weighted by molar-refractivity contribution is 0.588. The van der Waals surface area contributed by atoms with Gasteiger partial charge in [-0.3, -0.25) is 4.99 Å². The number of nitrogens with zero attached hydrogens (tertiary/aromatic N) is 1. The zero-order valence-corrected chi connectivity index (χ0v) is 15.5. The first-order valence-electron chi connectivity index (χ1n) is 8.01. The second kappa shape index (κ2) is 8.64. The van der Waals surface area contributed by atoms with Crippen molar-refractivity contribution in [3.63, 3.8) is 0 Å². The molecule has 2 aromatic rings. The summed E-state index contributed by atoms with van der Waals surface area (Å²) in [5, 5.41) is 6.52. The number of benzene rings is 2. The number of aliphatic imine (C=N–C) groups is 1. The molecular formula is C18H24N4O2S. The van der Waals surface area contributed by atoms with Crippen LogP contribution >= 0.6 is 0 Å². The molecule has 0 heterocycles. The zero-order valence-electron chi connectivity index (χ0n) is 14.7. The van der Waals surface area contributed by atoms with Crippen LogP contribution in [0.15, 0.2) is 64.5 Å². The Hall–Kier alpha value is -2.38. The number of hydrogen-bond acceptors (Lipinski definition) is 3. The Kier molecular flexibility index (Phi) is 6.55. The van der Waals surface area contributed by atoms with Gasteiger partial charge in [-0.05, 0) is 37.2 Å². The predicted octanol–water partition coefficient (Wildman–Crippen LogP) is 2.02. The summed E-state index contributed by atoms with van der Waals surface area (Å²) >= 11 is 0. The number of nitrogens with one attached hydrogen (secondary N) is 3. The molecule has 134 valence electrons. The van der Waals surface area contributed by atoms with E-state index in [-0.39, 0.29) is 10.9 Å². The van der Waals surface area contributed by atoms with Crippen LogP contribution in [0.4, 0.5) is 0 Å². The molecule has 3 N–H and O–H groups in total. The van der Waals surface area contributed by atoms with Gasteiger partial charge in [0.05, 0.1) is 10.9 Å². The Morgan fingerprint density at radius 1 is 1.12 bits per heavy atom. The Labute approximate surface area is 149 Å². The average molecular weight is 360 g/mol. The molecule has 1 unspecified atom stereocenters. The summed E-state index contributed by atoms with van der Waals surface area (Å²) in [6, 6.07) is 17.0. The molecule has 0 bridgehead atoms. The average Bonchev–Trinajstić information content (AvgIpc) is 2.65. The fraction of sp³-hybridized carbons (Fsp3) is 0.278. The first-order valence-corrected chi connectivity index (χ1v) is 9.49. The fourth-order valence-electron chi connectivity index (χ4n) is 2.35. The highest BCUT2D eigenvalue weighted by molar-refractivity contribution is 7.89. The lowest BCUT2D eigenvalue weighted by atomic mass is 10.1. The molecule has 0 aliphatic carbocycles. The summed E-state index contributed by atoms with van der Waals surface area (Å²) < 4.78 is 26.1. The molecule has 0 saturated carbocycles. The molecule has 2 rings (SSSR count). The van der Waals surface area contributed by atoms with Crippen molar-refractivity contribution in [3.8, 4) is 0 Å².